The van der Waals surface area contributed by atoms with Crippen molar-refractivity contribution < 1.29 is 23.1 Å². The van der Waals surface area contributed by atoms with Gasteiger partial charge in [0.25, 0.3) is 0 Å². The van der Waals surface area contributed by atoms with E-state index in [9.17, 15) is 23.1 Å². The van der Waals surface area contributed by atoms with E-state index in [1.54, 1.807) is 23.6 Å². The van der Waals surface area contributed by atoms with Crippen LogP contribution in [0.5, 0.6) is 0 Å². The van der Waals surface area contributed by atoms with Gasteiger partial charge in [0.1, 0.15) is 34.7 Å². The van der Waals surface area contributed by atoms with Gasteiger partial charge >= 0.3 is 6.18 Å². The molecule has 192 valence electrons. The second kappa shape index (κ2) is 9.39. The fourth-order valence-electron chi connectivity index (χ4n) is 4.30. The summed E-state index contributed by atoms with van der Waals surface area (Å²) in [5, 5.41) is 13.6. The van der Waals surface area contributed by atoms with Crippen LogP contribution >= 0.6 is 11.3 Å². The third-order valence-corrected chi connectivity index (χ3v) is 7.45. The number of aliphatic hydroxyl groups excluding tert-OH is 1. The molecule has 1 atom stereocenters. The predicted molar refractivity (Wildman–Crippen MR) is 124 cm³/mol. The van der Waals surface area contributed by atoms with E-state index in [-0.39, 0.29) is 44.4 Å². The Bertz CT molecular complexity index is 1260. The van der Waals surface area contributed by atoms with Crippen molar-refractivity contribution >= 4 is 22.2 Å². The Kier molecular flexibility index (Phi) is 6.41. The van der Waals surface area contributed by atoms with Gasteiger partial charge in [-0.1, -0.05) is 11.3 Å². The van der Waals surface area contributed by atoms with Crippen LogP contribution in [0.25, 0.3) is 11.3 Å². The lowest BCUT2D eigenvalue weighted by molar-refractivity contribution is -0.137. The number of aryl methyl sites for hydroxylation is 2. The Balaban J connectivity index is 1.39. The Hall–Kier alpha value is -3.13. The van der Waals surface area contributed by atoms with E-state index < -0.39 is 17.2 Å². The van der Waals surface area contributed by atoms with Gasteiger partial charge in [-0.05, 0) is 26.7 Å². The van der Waals surface area contributed by atoms with Crippen LogP contribution < -0.4 is 4.90 Å². The molecule has 1 saturated heterocycles. The zero-order valence-corrected chi connectivity index (χ0v) is 20.6. The van der Waals surface area contributed by atoms with Crippen LogP contribution in [-0.4, -0.2) is 77.9 Å². The maximum absolute atomic E-state index is 13.6. The minimum Gasteiger partial charge on any atom is -0.394 e. The SMILES string of the molecule is Cc1nc(C)n(CC(=O)N2CCN(c3sc(C(F)(F)F)nc3-c3cnc(C4CC4)nc3)CC2CO)n1. The molecule has 3 aromatic heterocycles. The average Bonchev–Trinajstić information content (AvgIpc) is 3.51. The van der Waals surface area contributed by atoms with Crippen molar-refractivity contribution in [2.24, 2.45) is 0 Å². The number of carbonyl (C=O) groups is 1. The number of hydrogen-bond donors (Lipinski definition) is 1. The molecule has 2 aliphatic rings. The highest BCUT2D eigenvalue weighted by molar-refractivity contribution is 7.16. The Labute approximate surface area is 208 Å². The van der Waals surface area contributed by atoms with E-state index >= 15 is 0 Å². The normalized spacial score (nSPS) is 18.7. The zero-order chi connectivity index (χ0) is 25.6. The van der Waals surface area contributed by atoms with E-state index in [1.807, 2.05) is 0 Å². The first kappa shape index (κ1) is 24.6. The van der Waals surface area contributed by atoms with E-state index in [0.29, 0.717) is 45.3 Å². The van der Waals surface area contributed by atoms with Crippen LogP contribution in [0, 0.1) is 13.8 Å². The number of alkyl halides is 3. The molecule has 1 aliphatic heterocycles. The maximum Gasteiger partial charge on any atom is 0.443 e. The summed E-state index contributed by atoms with van der Waals surface area (Å²) in [6.45, 7) is 3.78. The Morgan fingerprint density at radius 1 is 1.17 bits per heavy atom. The summed E-state index contributed by atoms with van der Waals surface area (Å²) >= 11 is 0.547. The number of anilines is 1. The summed E-state index contributed by atoms with van der Waals surface area (Å²) in [5.74, 6) is 1.92. The van der Waals surface area contributed by atoms with Gasteiger partial charge in [-0.3, -0.25) is 4.79 Å². The quantitative estimate of drug-likeness (QED) is 0.525. The van der Waals surface area contributed by atoms with Gasteiger partial charge in [0.05, 0.1) is 12.6 Å². The van der Waals surface area contributed by atoms with Gasteiger partial charge in [0.15, 0.2) is 0 Å². The molecule has 4 heterocycles. The number of rotatable bonds is 6. The van der Waals surface area contributed by atoms with Crippen LogP contribution in [-0.2, 0) is 17.5 Å². The molecule has 3 aromatic rings. The lowest BCUT2D eigenvalue weighted by Gasteiger charge is -2.41. The number of piperazine rings is 1. The molecule has 2 fully saturated rings. The lowest BCUT2D eigenvalue weighted by atomic mass is 10.1. The van der Waals surface area contributed by atoms with Crippen molar-refractivity contribution in [1.82, 2.24) is 34.6 Å². The molecule has 1 N–H and O–H groups in total. The molecule has 0 aromatic carbocycles. The van der Waals surface area contributed by atoms with Gasteiger partial charge in [0, 0.05) is 43.5 Å². The van der Waals surface area contributed by atoms with Crippen molar-refractivity contribution in [2.45, 2.75) is 51.4 Å². The molecule has 14 heteroatoms. The predicted octanol–water partition coefficient (Wildman–Crippen LogP) is 2.41. The molecule has 1 aliphatic carbocycles. The molecule has 1 saturated carbocycles. The Morgan fingerprint density at radius 2 is 1.89 bits per heavy atom. The van der Waals surface area contributed by atoms with E-state index in [1.165, 1.54) is 17.1 Å². The molecule has 36 heavy (non-hydrogen) atoms. The van der Waals surface area contributed by atoms with Crippen LogP contribution in [0.4, 0.5) is 18.2 Å². The number of nitrogens with zero attached hydrogens (tertiary/aromatic N) is 8. The van der Waals surface area contributed by atoms with E-state index in [0.717, 1.165) is 12.8 Å². The fourth-order valence-corrected chi connectivity index (χ4v) is 5.29. The summed E-state index contributed by atoms with van der Waals surface area (Å²) in [6, 6.07) is -0.603. The average molecular weight is 523 g/mol. The molecule has 0 radical (unpaired) electrons. The number of halogens is 3. The lowest BCUT2D eigenvalue weighted by Crippen LogP contribution is -2.57. The minimum atomic E-state index is -4.60. The molecule has 1 unspecified atom stereocenters. The molecule has 0 bridgehead atoms. The summed E-state index contributed by atoms with van der Waals surface area (Å²) in [5.41, 5.74) is 0.553. The van der Waals surface area contributed by atoms with Crippen LogP contribution in [0.3, 0.4) is 0 Å². The standard InChI is InChI=1S/C22H25F3N8O2S/c1-12-28-13(2)33(30-12)10-17(35)32-6-5-31(9-16(32)11-34)20-18(29-21(36-20)22(23,24)25)15-7-26-19(27-8-15)14-3-4-14/h7-8,14,16,34H,3-6,9-11H2,1-2H3. The summed E-state index contributed by atoms with van der Waals surface area (Å²) in [6.07, 6.45) is 0.465. The maximum atomic E-state index is 13.6. The van der Waals surface area contributed by atoms with Crippen molar-refractivity contribution in [2.75, 3.05) is 31.1 Å². The first-order valence-corrected chi connectivity index (χ1v) is 12.4. The van der Waals surface area contributed by atoms with Crippen LogP contribution in [0.2, 0.25) is 0 Å². The molecular formula is C22H25F3N8O2S. The highest BCUT2D eigenvalue weighted by atomic mass is 32.1. The Morgan fingerprint density at radius 3 is 2.47 bits per heavy atom. The number of aromatic nitrogens is 6. The van der Waals surface area contributed by atoms with Crippen LogP contribution in [0.1, 0.15) is 41.2 Å². The largest absolute Gasteiger partial charge is 0.443 e. The molecular weight excluding hydrogens is 497 g/mol. The number of hydrogen-bond acceptors (Lipinski definition) is 9. The van der Waals surface area contributed by atoms with Crippen molar-refractivity contribution in [3.8, 4) is 11.3 Å². The number of thiazole rings is 1. The second-order valence-corrected chi connectivity index (χ2v) is 9.99. The zero-order valence-electron chi connectivity index (χ0n) is 19.7. The summed E-state index contributed by atoms with van der Waals surface area (Å²) in [4.78, 5) is 33.1. The monoisotopic (exact) mass is 522 g/mol. The van der Waals surface area contributed by atoms with Gasteiger partial charge in [-0.25, -0.2) is 24.6 Å². The molecule has 0 spiro atoms. The molecule has 1 amide bonds. The third kappa shape index (κ3) is 4.91. The second-order valence-electron chi connectivity index (χ2n) is 9.01. The van der Waals surface area contributed by atoms with Crippen molar-refractivity contribution in [3.05, 3.63) is 34.9 Å². The van der Waals surface area contributed by atoms with E-state index in [4.69, 9.17) is 0 Å². The number of aliphatic hydroxyl groups is 1. The summed E-state index contributed by atoms with van der Waals surface area (Å²) in [7, 11) is 0. The number of carbonyl (C=O) groups excluding carboxylic acids is 1. The molecule has 5 rings (SSSR count). The topological polar surface area (TPSA) is 113 Å². The van der Waals surface area contributed by atoms with Gasteiger partial charge in [0.2, 0.25) is 10.9 Å². The van der Waals surface area contributed by atoms with E-state index in [2.05, 4.69) is 25.0 Å². The van der Waals surface area contributed by atoms with Crippen LogP contribution in [0.15, 0.2) is 12.4 Å². The van der Waals surface area contributed by atoms with Crippen molar-refractivity contribution in [3.63, 3.8) is 0 Å². The fraction of sp³-hybridized carbons (Fsp3) is 0.545. The van der Waals surface area contributed by atoms with Gasteiger partial charge < -0.3 is 14.9 Å². The summed E-state index contributed by atoms with van der Waals surface area (Å²) < 4.78 is 42.3. The first-order valence-electron chi connectivity index (χ1n) is 11.6. The van der Waals surface area contributed by atoms with Gasteiger partial charge in [-0.2, -0.15) is 18.3 Å². The highest BCUT2D eigenvalue weighted by Gasteiger charge is 2.39. The minimum absolute atomic E-state index is 0.0299. The van der Waals surface area contributed by atoms with Gasteiger partial charge in [-0.15, -0.1) is 0 Å². The smallest absolute Gasteiger partial charge is 0.394 e. The number of amides is 1. The highest BCUT2D eigenvalue weighted by Crippen LogP contribution is 2.43. The first-order chi connectivity index (χ1) is 17.1. The third-order valence-electron chi connectivity index (χ3n) is 6.29. The van der Waals surface area contributed by atoms with Crippen molar-refractivity contribution in [1.29, 1.82) is 0 Å². The molecule has 10 nitrogen and oxygen atoms in total.